The van der Waals surface area contributed by atoms with Gasteiger partial charge in [0.15, 0.2) is 0 Å². The van der Waals surface area contributed by atoms with Crippen LogP contribution in [-0.2, 0) is 0 Å². The quantitative estimate of drug-likeness (QED) is 0.905. The van der Waals surface area contributed by atoms with Gasteiger partial charge in [-0.15, -0.1) is 11.3 Å². The Bertz CT molecular complexity index is 704. The van der Waals surface area contributed by atoms with Gasteiger partial charge in [0.1, 0.15) is 0 Å². The van der Waals surface area contributed by atoms with E-state index >= 15 is 0 Å². The molecule has 5 heteroatoms. The number of carbonyl (C=O) groups excluding carboxylic acids is 1. The summed E-state index contributed by atoms with van der Waals surface area (Å²) in [6.07, 6.45) is 0. The highest BCUT2D eigenvalue weighted by Gasteiger charge is 2.18. The number of aryl methyl sites for hydroxylation is 1. The number of hydrogen-bond donors (Lipinski definition) is 1. The highest BCUT2D eigenvalue weighted by Crippen LogP contribution is 2.30. The molecule has 1 aliphatic heterocycles. The number of carbonyl (C=O) groups is 1. The maximum absolute atomic E-state index is 12.6. The van der Waals surface area contributed by atoms with Crippen LogP contribution in [0.3, 0.4) is 0 Å². The summed E-state index contributed by atoms with van der Waals surface area (Å²) in [5, 5.41) is 4.33. The second kappa shape index (κ2) is 7.64. The Morgan fingerprint density at radius 1 is 1.25 bits per heavy atom. The molecule has 0 bridgehead atoms. The Balaban J connectivity index is 1.53. The molecular formula is C19H27N3OS. The topological polar surface area (TPSA) is 35.6 Å². The molecule has 1 N–H and O–H groups in total. The van der Waals surface area contributed by atoms with Gasteiger partial charge in [-0.3, -0.25) is 4.79 Å². The fourth-order valence-corrected chi connectivity index (χ4v) is 4.40. The molecule has 1 aromatic heterocycles. The molecule has 1 aromatic carbocycles. The van der Waals surface area contributed by atoms with E-state index in [1.165, 1.54) is 10.1 Å². The van der Waals surface area contributed by atoms with Gasteiger partial charge < -0.3 is 15.1 Å². The monoisotopic (exact) mass is 345 g/mol. The molecule has 4 nitrogen and oxygen atoms in total. The summed E-state index contributed by atoms with van der Waals surface area (Å²) < 4.78 is 1.19. The molecule has 1 amide bonds. The molecule has 0 saturated carbocycles. The van der Waals surface area contributed by atoms with Crippen LogP contribution in [0.15, 0.2) is 24.3 Å². The van der Waals surface area contributed by atoms with E-state index in [1.54, 1.807) is 11.3 Å². The van der Waals surface area contributed by atoms with Crippen molar-refractivity contribution in [3.05, 3.63) is 34.7 Å². The summed E-state index contributed by atoms with van der Waals surface area (Å²) in [6.45, 7) is 10.6. The smallest absolute Gasteiger partial charge is 0.261 e. The number of thiophene rings is 1. The Hall–Kier alpha value is -1.43. The van der Waals surface area contributed by atoms with Crippen molar-refractivity contribution >= 4 is 27.3 Å². The number of piperazine rings is 1. The molecule has 2 heterocycles. The zero-order valence-corrected chi connectivity index (χ0v) is 15.7. The molecule has 0 radical (unpaired) electrons. The van der Waals surface area contributed by atoms with Gasteiger partial charge in [0.2, 0.25) is 0 Å². The summed E-state index contributed by atoms with van der Waals surface area (Å²) in [5.41, 5.74) is 1.10. The van der Waals surface area contributed by atoms with Crippen LogP contribution in [-0.4, -0.2) is 62.0 Å². The zero-order chi connectivity index (χ0) is 17.1. The van der Waals surface area contributed by atoms with E-state index < -0.39 is 0 Å². The van der Waals surface area contributed by atoms with Crippen molar-refractivity contribution in [1.29, 1.82) is 0 Å². The van der Waals surface area contributed by atoms with Crippen LogP contribution in [0.4, 0.5) is 0 Å². The summed E-state index contributed by atoms with van der Waals surface area (Å²) in [4.78, 5) is 18.3. The molecule has 0 aliphatic carbocycles. The molecule has 0 spiro atoms. The molecular weight excluding hydrogens is 318 g/mol. The lowest BCUT2D eigenvalue weighted by molar-refractivity contribution is 0.0941. The molecule has 3 rings (SSSR count). The maximum atomic E-state index is 12.6. The first kappa shape index (κ1) is 17.4. The highest BCUT2D eigenvalue weighted by atomic mass is 32.1. The van der Waals surface area contributed by atoms with Crippen LogP contribution in [0.25, 0.3) is 10.1 Å². The predicted octanol–water partition coefficient (Wildman–Crippen LogP) is 2.82. The lowest BCUT2D eigenvalue weighted by atomic mass is 10.1. The zero-order valence-electron chi connectivity index (χ0n) is 14.8. The number of hydrogen-bond acceptors (Lipinski definition) is 4. The minimum absolute atomic E-state index is 0.0685. The van der Waals surface area contributed by atoms with Gasteiger partial charge in [-0.25, -0.2) is 0 Å². The van der Waals surface area contributed by atoms with Gasteiger partial charge in [0.05, 0.1) is 4.88 Å². The Morgan fingerprint density at radius 2 is 1.96 bits per heavy atom. The third kappa shape index (κ3) is 3.97. The van der Waals surface area contributed by atoms with E-state index in [0.717, 1.165) is 49.7 Å². The summed E-state index contributed by atoms with van der Waals surface area (Å²) >= 11 is 1.59. The Labute approximate surface area is 148 Å². The predicted molar refractivity (Wildman–Crippen MR) is 102 cm³/mol. The van der Waals surface area contributed by atoms with Crippen molar-refractivity contribution in [2.45, 2.75) is 13.8 Å². The normalized spacial score (nSPS) is 18.0. The number of likely N-dealkylation sites (N-methyl/N-ethyl adjacent to an activating group) is 1. The maximum Gasteiger partial charge on any atom is 0.261 e. The minimum Gasteiger partial charge on any atom is -0.351 e. The van der Waals surface area contributed by atoms with E-state index in [1.807, 2.05) is 19.1 Å². The van der Waals surface area contributed by atoms with Crippen molar-refractivity contribution in [3.8, 4) is 0 Å². The first-order valence-electron chi connectivity index (χ1n) is 8.72. The van der Waals surface area contributed by atoms with E-state index in [0.29, 0.717) is 5.92 Å². The summed E-state index contributed by atoms with van der Waals surface area (Å²) in [7, 11) is 2.17. The molecule has 1 aliphatic rings. The van der Waals surface area contributed by atoms with Crippen molar-refractivity contribution < 1.29 is 4.79 Å². The average molecular weight is 346 g/mol. The van der Waals surface area contributed by atoms with Gasteiger partial charge in [-0.05, 0) is 36.9 Å². The van der Waals surface area contributed by atoms with Crippen molar-refractivity contribution in [2.75, 3.05) is 46.3 Å². The number of nitrogens with zero attached hydrogens (tertiary/aromatic N) is 2. The van der Waals surface area contributed by atoms with Crippen LogP contribution in [0.5, 0.6) is 0 Å². The van der Waals surface area contributed by atoms with Gasteiger partial charge in [0, 0.05) is 44.0 Å². The van der Waals surface area contributed by atoms with E-state index in [9.17, 15) is 4.79 Å². The number of rotatable bonds is 5. The molecule has 0 unspecified atom stereocenters. The standard InChI is InChI=1S/C19H27N3OS/c1-14(13-22-10-8-21(3)9-11-22)12-20-19(23)18-15(2)16-6-4-5-7-17(16)24-18/h4-7,14H,8-13H2,1-3H3,(H,20,23)/t14-/m1/s1. The van der Waals surface area contributed by atoms with Crippen molar-refractivity contribution in [1.82, 2.24) is 15.1 Å². The lowest BCUT2D eigenvalue weighted by Crippen LogP contribution is -2.46. The van der Waals surface area contributed by atoms with Crippen molar-refractivity contribution in [2.24, 2.45) is 5.92 Å². The van der Waals surface area contributed by atoms with Gasteiger partial charge >= 0.3 is 0 Å². The van der Waals surface area contributed by atoms with E-state index in [-0.39, 0.29) is 5.91 Å². The molecule has 1 atom stereocenters. The highest BCUT2D eigenvalue weighted by molar-refractivity contribution is 7.21. The van der Waals surface area contributed by atoms with Crippen LogP contribution in [0.1, 0.15) is 22.2 Å². The first-order chi connectivity index (χ1) is 11.5. The summed E-state index contributed by atoms with van der Waals surface area (Å²) in [6, 6.07) is 8.23. The van der Waals surface area contributed by atoms with Crippen LogP contribution < -0.4 is 5.32 Å². The van der Waals surface area contributed by atoms with Crippen LogP contribution in [0.2, 0.25) is 0 Å². The Morgan fingerprint density at radius 3 is 2.67 bits per heavy atom. The molecule has 24 heavy (non-hydrogen) atoms. The van der Waals surface area contributed by atoms with Crippen LogP contribution in [0, 0.1) is 12.8 Å². The van der Waals surface area contributed by atoms with Gasteiger partial charge in [-0.2, -0.15) is 0 Å². The first-order valence-corrected chi connectivity index (χ1v) is 9.53. The third-order valence-corrected chi connectivity index (χ3v) is 6.10. The third-order valence-electron chi connectivity index (χ3n) is 4.83. The number of fused-ring (bicyclic) bond motifs is 1. The fourth-order valence-electron chi connectivity index (χ4n) is 3.27. The molecule has 1 saturated heterocycles. The average Bonchev–Trinajstić information content (AvgIpc) is 2.92. The largest absolute Gasteiger partial charge is 0.351 e. The molecule has 1 fully saturated rings. The minimum atomic E-state index is 0.0685. The van der Waals surface area contributed by atoms with E-state index in [4.69, 9.17) is 0 Å². The molecule has 2 aromatic rings. The summed E-state index contributed by atoms with van der Waals surface area (Å²) in [5.74, 6) is 0.533. The van der Waals surface area contributed by atoms with Crippen LogP contribution >= 0.6 is 11.3 Å². The fraction of sp³-hybridized carbons (Fsp3) is 0.526. The van der Waals surface area contributed by atoms with Gasteiger partial charge in [-0.1, -0.05) is 25.1 Å². The number of nitrogens with one attached hydrogen (secondary N) is 1. The number of amides is 1. The molecule has 130 valence electrons. The number of benzene rings is 1. The Kier molecular flexibility index (Phi) is 5.54. The lowest BCUT2D eigenvalue weighted by Gasteiger charge is -2.33. The van der Waals surface area contributed by atoms with Crippen molar-refractivity contribution in [3.63, 3.8) is 0 Å². The second-order valence-electron chi connectivity index (χ2n) is 6.97. The second-order valence-corrected chi connectivity index (χ2v) is 8.02. The van der Waals surface area contributed by atoms with E-state index in [2.05, 4.69) is 41.2 Å². The SMILES string of the molecule is Cc1c(C(=O)NC[C@@H](C)CN2CCN(C)CC2)sc2ccccc12. The van der Waals surface area contributed by atoms with Gasteiger partial charge in [0.25, 0.3) is 5.91 Å².